The number of hydrogen-bond donors (Lipinski definition) is 2. The Labute approximate surface area is 150 Å². The number of ether oxygens (including phenoxy) is 1. The highest BCUT2D eigenvalue weighted by Gasteiger charge is 2.36. The molecule has 4 nitrogen and oxygen atoms in total. The number of thioether (sulfide) groups is 1. The van der Waals surface area contributed by atoms with Crippen LogP contribution >= 0.6 is 11.8 Å². The van der Waals surface area contributed by atoms with Crippen molar-refractivity contribution in [2.75, 3.05) is 5.75 Å². The summed E-state index contributed by atoms with van der Waals surface area (Å²) in [5.41, 5.74) is 2.75. The summed E-state index contributed by atoms with van der Waals surface area (Å²) in [4.78, 5) is 11.8. The minimum atomic E-state index is -0.412. The topological polar surface area (TPSA) is 58.6 Å². The first kappa shape index (κ1) is 17.8. The molecule has 2 N–H and O–H groups in total. The number of hydrogen-bond acceptors (Lipinski definition) is 4. The van der Waals surface area contributed by atoms with E-state index in [0.29, 0.717) is 5.75 Å². The van der Waals surface area contributed by atoms with Gasteiger partial charge in [0, 0.05) is 11.2 Å². The van der Waals surface area contributed by atoms with E-state index in [1.54, 1.807) is 47.6 Å². The first-order chi connectivity index (χ1) is 12.1. The normalized spacial score (nSPS) is 20.1. The zero-order chi connectivity index (χ0) is 17.7. The molecule has 3 rings (SSSR count). The highest BCUT2D eigenvalue weighted by molar-refractivity contribution is 8.00. The number of para-hydroxylation sites is 1. The van der Waals surface area contributed by atoms with Gasteiger partial charge in [0.1, 0.15) is 5.75 Å². The van der Waals surface area contributed by atoms with Gasteiger partial charge in [0.05, 0.1) is 0 Å². The summed E-state index contributed by atoms with van der Waals surface area (Å²) in [5.74, 6) is 0.895. The van der Waals surface area contributed by atoms with Crippen molar-refractivity contribution >= 4 is 17.7 Å². The number of amides is 1. The smallest absolute Gasteiger partial charge is 0.245 e. The predicted octanol–water partition coefficient (Wildman–Crippen LogP) is 4.63. The van der Waals surface area contributed by atoms with Gasteiger partial charge in [-0.25, -0.2) is 9.87 Å². The number of rotatable bonds is 5. The average Bonchev–Trinajstić information content (AvgIpc) is 2.65. The van der Waals surface area contributed by atoms with E-state index in [1.165, 1.54) is 6.07 Å². The molecule has 1 fully saturated rings. The van der Waals surface area contributed by atoms with Crippen LogP contribution in [0, 0.1) is 5.82 Å². The SMILES string of the molecule is O=C(CC1(c2ccc(Oc3ccccc3F)cc2)CCCCS1)NO. The highest BCUT2D eigenvalue weighted by Crippen LogP contribution is 2.48. The Morgan fingerprint density at radius 3 is 2.60 bits per heavy atom. The average molecular weight is 361 g/mol. The molecule has 1 heterocycles. The van der Waals surface area contributed by atoms with E-state index in [1.807, 2.05) is 12.1 Å². The Hall–Kier alpha value is -2.05. The second-order valence-electron chi connectivity index (χ2n) is 6.07. The summed E-state index contributed by atoms with van der Waals surface area (Å²) < 4.78 is 18.9. The van der Waals surface area contributed by atoms with Crippen LogP contribution < -0.4 is 10.2 Å². The Kier molecular flexibility index (Phi) is 5.60. The van der Waals surface area contributed by atoms with Crippen LogP contribution in [0.15, 0.2) is 48.5 Å². The van der Waals surface area contributed by atoms with Gasteiger partial charge in [0.25, 0.3) is 0 Å². The van der Waals surface area contributed by atoms with Gasteiger partial charge < -0.3 is 4.74 Å². The highest BCUT2D eigenvalue weighted by atomic mass is 32.2. The molecule has 1 atom stereocenters. The van der Waals surface area contributed by atoms with E-state index < -0.39 is 5.82 Å². The molecule has 2 aromatic rings. The number of halogens is 1. The molecule has 0 aromatic heterocycles. The van der Waals surface area contributed by atoms with Crippen molar-refractivity contribution in [1.29, 1.82) is 0 Å². The Morgan fingerprint density at radius 1 is 1.20 bits per heavy atom. The molecule has 1 amide bonds. The molecule has 0 bridgehead atoms. The number of nitrogens with one attached hydrogen (secondary N) is 1. The van der Waals surface area contributed by atoms with Gasteiger partial charge in [0.15, 0.2) is 11.6 Å². The fraction of sp³-hybridized carbons (Fsp3) is 0.316. The second kappa shape index (κ2) is 7.89. The summed E-state index contributed by atoms with van der Waals surface area (Å²) in [5, 5.41) is 8.90. The summed E-state index contributed by atoms with van der Waals surface area (Å²) in [6.45, 7) is 0. The number of benzene rings is 2. The van der Waals surface area contributed by atoms with E-state index in [4.69, 9.17) is 9.94 Å². The standard InChI is InChI=1S/C19H20FNO3S/c20-16-5-1-2-6-17(16)24-15-9-7-14(8-10-15)19(13-18(22)21-23)11-3-4-12-25-19/h1-2,5-10,23H,3-4,11-13H2,(H,21,22). The minimum Gasteiger partial charge on any atom is -0.454 e. The van der Waals surface area contributed by atoms with Crippen LogP contribution in [0.4, 0.5) is 4.39 Å². The molecule has 1 aliphatic rings. The van der Waals surface area contributed by atoms with Crippen molar-refractivity contribution in [2.45, 2.75) is 30.4 Å². The first-order valence-corrected chi connectivity index (χ1v) is 9.21. The maximum absolute atomic E-state index is 13.7. The summed E-state index contributed by atoms with van der Waals surface area (Å²) in [7, 11) is 0. The van der Waals surface area contributed by atoms with Crippen LogP contribution in [0.25, 0.3) is 0 Å². The molecule has 6 heteroatoms. The molecular formula is C19H20FNO3S. The van der Waals surface area contributed by atoms with Crippen molar-refractivity contribution in [3.63, 3.8) is 0 Å². The summed E-state index contributed by atoms with van der Waals surface area (Å²) in [6.07, 6.45) is 3.26. The van der Waals surface area contributed by atoms with Crippen LogP contribution in [0.1, 0.15) is 31.2 Å². The lowest BCUT2D eigenvalue weighted by molar-refractivity contribution is -0.129. The molecular weight excluding hydrogens is 341 g/mol. The van der Waals surface area contributed by atoms with Gasteiger partial charge >= 0.3 is 0 Å². The van der Waals surface area contributed by atoms with E-state index >= 15 is 0 Å². The van der Waals surface area contributed by atoms with Crippen LogP contribution in [0.2, 0.25) is 0 Å². The molecule has 25 heavy (non-hydrogen) atoms. The van der Waals surface area contributed by atoms with Gasteiger partial charge in [-0.2, -0.15) is 0 Å². The zero-order valence-corrected chi connectivity index (χ0v) is 14.5. The molecule has 0 saturated carbocycles. The van der Waals surface area contributed by atoms with E-state index in [9.17, 15) is 9.18 Å². The Balaban J connectivity index is 1.81. The molecule has 0 spiro atoms. The van der Waals surface area contributed by atoms with Crippen molar-refractivity contribution in [3.05, 3.63) is 59.9 Å². The van der Waals surface area contributed by atoms with Crippen LogP contribution in [-0.2, 0) is 9.54 Å². The second-order valence-corrected chi connectivity index (χ2v) is 7.55. The lowest BCUT2D eigenvalue weighted by Gasteiger charge is -2.36. The maximum atomic E-state index is 13.7. The Bertz CT molecular complexity index is 730. The van der Waals surface area contributed by atoms with E-state index in [2.05, 4.69) is 0 Å². The summed E-state index contributed by atoms with van der Waals surface area (Å²) >= 11 is 1.75. The minimum absolute atomic E-state index is 0.177. The van der Waals surface area contributed by atoms with Gasteiger partial charge in [-0.3, -0.25) is 10.0 Å². The maximum Gasteiger partial charge on any atom is 0.245 e. The van der Waals surface area contributed by atoms with Crippen LogP contribution in [0.5, 0.6) is 11.5 Å². The van der Waals surface area contributed by atoms with Crippen molar-refractivity contribution in [1.82, 2.24) is 5.48 Å². The van der Waals surface area contributed by atoms with Crippen molar-refractivity contribution in [3.8, 4) is 11.5 Å². The van der Waals surface area contributed by atoms with Gasteiger partial charge in [0.2, 0.25) is 5.91 Å². The largest absolute Gasteiger partial charge is 0.454 e. The molecule has 0 radical (unpaired) electrons. The van der Waals surface area contributed by atoms with E-state index in [0.717, 1.165) is 30.6 Å². The third-order valence-corrected chi connectivity index (χ3v) is 6.00. The fourth-order valence-electron chi connectivity index (χ4n) is 3.10. The monoisotopic (exact) mass is 361 g/mol. The van der Waals surface area contributed by atoms with E-state index in [-0.39, 0.29) is 22.8 Å². The molecule has 0 aliphatic carbocycles. The van der Waals surface area contributed by atoms with Crippen molar-refractivity contribution < 1.29 is 19.1 Å². The molecule has 1 aliphatic heterocycles. The molecule has 132 valence electrons. The number of carbonyl (C=O) groups is 1. The summed E-state index contributed by atoms with van der Waals surface area (Å²) in [6, 6.07) is 13.7. The lowest BCUT2D eigenvalue weighted by Crippen LogP contribution is -2.33. The quantitative estimate of drug-likeness (QED) is 0.602. The molecule has 2 aromatic carbocycles. The fourth-order valence-corrected chi connectivity index (χ4v) is 4.67. The van der Waals surface area contributed by atoms with Crippen molar-refractivity contribution in [2.24, 2.45) is 0 Å². The van der Waals surface area contributed by atoms with Gasteiger partial charge in [-0.1, -0.05) is 30.7 Å². The van der Waals surface area contributed by atoms with Crippen LogP contribution in [-0.4, -0.2) is 16.9 Å². The predicted molar refractivity (Wildman–Crippen MR) is 95.4 cm³/mol. The first-order valence-electron chi connectivity index (χ1n) is 8.23. The van der Waals surface area contributed by atoms with Gasteiger partial charge in [-0.15, -0.1) is 11.8 Å². The van der Waals surface area contributed by atoms with Gasteiger partial charge in [-0.05, 0) is 48.4 Å². The number of carbonyl (C=O) groups excluding carboxylic acids is 1. The Morgan fingerprint density at radius 2 is 1.96 bits per heavy atom. The molecule has 1 unspecified atom stereocenters. The third kappa shape index (κ3) is 4.14. The number of hydroxylamine groups is 1. The zero-order valence-electron chi connectivity index (χ0n) is 13.7. The van der Waals surface area contributed by atoms with Crippen LogP contribution in [0.3, 0.4) is 0 Å². The third-order valence-electron chi connectivity index (χ3n) is 4.37. The lowest BCUT2D eigenvalue weighted by atomic mass is 9.88. The molecule has 1 saturated heterocycles.